The number of carbonyl (C=O) groups excluding carboxylic acids is 1. The Morgan fingerprint density at radius 1 is 1.04 bits per heavy atom. The van der Waals surface area contributed by atoms with Crippen LogP contribution in [0.5, 0.6) is 0 Å². The summed E-state index contributed by atoms with van der Waals surface area (Å²) >= 11 is 0.948. The minimum Gasteiger partial charge on any atom is -0.403 e. The molecule has 0 saturated carbocycles. The molecule has 1 fully saturated rings. The largest absolute Gasteiger partial charge is 0.403 e. The fourth-order valence-electron chi connectivity index (χ4n) is 6.52. The Labute approximate surface area is 280 Å². The smallest absolute Gasteiger partial charge is 0.265 e. The number of aliphatic hydroxyl groups excluding tert-OH is 1. The zero-order chi connectivity index (χ0) is 34.1. The van der Waals surface area contributed by atoms with Crippen LogP contribution in [0.1, 0.15) is 66.5 Å². The van der Waals surface area contributed by atoms with Gasteiger partial charge in [0.2, 0.25) is 0 Å². The van der Waals surface area contributed by atoms with E-state index in [9.17, 15) is 9.90 Å². The number of amides is 1. The van der Waals surface area contributed by atoms with Crippen molar-refractivity contribution in [2.45, 2.75) is 64.6 Å². The molecule has 4 aromatic rings. The number of halogens is 2. The number of nitrogens with zero attached hydrogens (tertiary/aromatic N) is 3. The number of rotatable bonds is 9. The molecule has 3 unspecified atom stereocenters. The van der Waals surface area contributed by atoms with Crippen molar-refractivity contribution in [1.82, 2.24) is 9.88 Å². The number of thiazole rings is 1. The van der Waals surface area contributed by atoms with E-state index in [1.165, 1.54) is 17.2 Å². The topological polar surface area (TPSA) is 75.1 Å². The summed E-state index contributed by atoms with van der Waals surface area (Å²) in [5, 5.41) is 13.3. The molecule has 5 rings (SSSR count). The van der Waals surface area contributed by atoms with Crippen LogP contribution < -0.4 is 15.3 Å². The van der Waals surface area contributed by atoms with Gasteiger partial charge in [-0.15, -0.1) is 11.3 Å². The lowest BCUT2D eigenvalue weighted by Crippen LogP contribution is -2.66. The van der Waals surface area contributed by atoms with Crippen LogP contribution in [0.4, 0.5) is 14.5 Å². The molecule has 7 nitrogen and oxygen atoms in total. The molecule has 1 aliphatic rings. The van der Waals surface area contributed by atoms with Crippen LogP contribution >= 0.6 is 11.3 Å². The molecule has 250 valence electrons. The lowest BCUT2D eigenvalue weighted by molar-refractivity contribution is -0.00554. The second-order valence-electron chi connectivity index (χ2n) is 13.4. The highest BCUT2D eigenvalue weighted by atomic mass is 32.1. The van der Waals surface area contributed by atoms with E-state index in [1.54, 1.807) is 14.1 Å². The summed E-state index contributed by atoms with van der Waals surface area (Å²) < 4.78 is 45.7. The van der Waals surface area contributed by atoms with Crippen LogP contribution in [0.3, 0.4) is 0 Å². The number of anilines is 1. The van der Waals surface area contributed by atoms with Crippen molar-refractivity contribution in [3.05, 3.63) is 106 Å². The fourth-order valence-corrected chi connectivity index (χ4v) is 12.0. The first kappa shape index (κ1) is 34.8. The first-order valence-electron chi connectivity index (χ1n) is 15.8. The van der Waals surface area contributed by atoms with Crippen LogP contribution in [-0.4, -0.2) is 68.6 Å². The third kappa shape index (κ3) is 6.91. The van der Waals surface area contributed by atoms with Crippen molar-refractivity contribution in [2.24, 2.45) is 0 Å². The highest BCUT2D eigenvalue weighted by molar-refractivity contribution is 7.13. The van der Waals surface area contributed by atoms with Gasteiger partial charge in [0.15, 0.2) is 11.6 Å². The minimum absolute atomic E-state index is 0.0398. The maximum absolute atomic E-state index is 16.5. The van der Waals surface area contributed by atoms with Crippen LogP contribution in [0, 0.1) is 11.6 Å². The van der Waals surface area contributed by atoms with Gasteiger partial charge in [0.25, 0.3) is 14.2 Å². The summed E-state index contributed by atoms with van der Waals surface area (Å²) in [6.07, 6.45) is -0.668. The van der Waals surface area contributed by atoms with E-state index in [0.29, 0.717) is 18.7 Å². The lowest BCUT2D eigenvalue weighted by Gasteiger charge is -2.43. The second kappa shape index (κ2) is 13.9. The second-order valence-corrected chi connectivity index (χ2v) is 18.7. The molecule has 1 amide bonds. The highest BCUT2D eigenvalue weighted by Crippen LogP contribution is 2.40. The number of ether oxygens (including phenoxy) is 1. The summed E-state index contributed by atoms with van der Waals surface area (Å²) in [4.78, 5) is 20.2. The Morgan fingerprint density at radius 2 is 1.60 bits per heavy atom. The molecule has 3 atom stereocenters. The Kier molecular flexibility index (Phi) is 10.3. The quantitative estimate of drug-likeness (QED) is 0.223. The van der Waals surface area contributed by atoms with Gasteiger partial charge in [-0.2, -0.15) is 0 Å². The summed E-state index contributed by atoms with van der Waals surface area (Å²) in [7, 11) is 0.152. The Balaban J connectivity index is 1.66. The molecule has 47 heavy (non-hydrogen) atoms. The van der Waals surface area contributed by atoms with Gasteiger partial charge in [0, 0.05) is 38.3 Å². The van der Waals surface area contributed by atoms with E-state index < -0.39 is 26.1 Å². The normalized spacial score (nSPS) is 17.9. The zero-order valence-electron chi connectivity index (χ0n) is 28.0. The summed E-state index contributed by atoms with van der Waals surface area (Å²) in [5.41, 5.74) is 0.245. The number of hydrogen-bond donors (Lipinski definition) is 1. The van der Waals surface area contributed by atoms with Gasteiger partial charge in [-0.3, -0.25) is 4.79 Å². The van der Waals surface area contributed by atoms with Crippen LogP contribution in [-0.2, 0) is 15.8 Å². The predicted molar refractivity (Wildman–Crippen MR) is 185 cm³/mol. The third-order valence-corrected chi connectivity index (χ3v) is 14.6. The molecule has 1 aliphatic heterocycles. The molecule has 1 aromatic heterocycles. The van der Waals surface area contributed by atoms with E-state index in [2.05, 4.69) is 50.0 Å². The van der Waals surface area contributed by atoms with Gasteiger partial charge in [-0.05, 0) is 35.3 Å². The number of carbonyl (C=O) groups is 1. The van der Waals surface area contributed by atoms with E-state index in [-0.39, 0.29) is 50.9 Å². The molecule has 1 N–H and O–H groups in total. The molecular weight excluding hydrogens is 637 g/mol. The van der Waals surface area contributed by atoms with Crippen molar-refractivity contribution in [3.63, 3.8) is 0 Å². The van der Waals surface area contributed by atoms with Crippen molar-refractivity contribution in [1.29, 1.82) is 0 Å². The molecule has 1 saturated heterocycles. The first-order valence-corrected chi connectivity index (χ1v) is 18.5. The Bertz CT molecular complexity index is 1650. The number of aromatic nitrogens is 1. The summed E-state index contributed by atoms with van der Waals surface area (Å²) in [5.74, 6) is -2.52. The van der Waals surface area contributed by atoms with Crippen LogP contribution in [0.15, 0.2) is 72.9 Å². The van der Waals surface area contributed by atoms with E-state index in [1.807, 2.05) is 55.1 Å². The zero-order valence-corrected chi connectivity index (χ0v) is 29.8. The van der Waals surface area contributed by atoms with Crippen LogP contribution in [0.25, 0.3) is 0 Å². The van der Waals surface area contributed by atoms with Crippen molar-refractivity contribution in [2.75, 3.05) is 32.1 Å². The van der Waals surface area contributed by atoms with Crippen molar-refractivity contribution >= 4 is 41.6 Å². The fraction of sp³-hybridized carbons (Fsp3) is 0.389. The SMILES string of the molecule is CC1CN(c2c(CO[Si](c3ccccc3)(c3ccccc3)C(C)(C)C)cc(C(O)c3ncc(C(=O)N(C)C)s3)c(F)c2F)CC(C)O1. The molecule has 0 aliphatic carbocycles. The predicted octanol–water partition coefficient (Wildman–Crippen LogP) is 5.90. The third-order valence-electron chi connectivity index (χ3n) is 8.55. The van der Waals surface area contributed by atoms with Gasteiger partial charge >= 0.3 is 0 Å². The first-order chi connectivity index (χ1) is 22.2. The summed E-state index contributed by atoms with van der Waals surface area (Å²) in [6.45, 7) is 10.9. The summed E-state index contributed by atoms with van der Waals surface area (Å²) in [6, 6.07) is 21.7. The molecule has 3 aromatic carbocycles. The van der Waals surface area contributed by atoms with Gasteiger partial charge in [-0.1, -0.05) is 81.4 Å². The molecule has 11 heteroatoms. The maximum Gasteiger partial charge on any atom is 0.265 e. The average molecular weight is 680 g/mol. The number of benzene rings is 3. The van der Waals surface area contributed by atoms with E-state index >= 15 is 8.78 Å². The minimum atomic E-state index is -3.07. The van der Waals surface area contributed by atoms with Gasteiger partial charge in [0.05, 0.1) is 30.7 Å². The van der Waals surface area contributed by atoms with Gasteiger partial charge in [0.1, 0.15) is 16.0 Å². The number of morpholine rings is 1. The van der Waals surface area contributed by atoms with Crippen molar-refractivity contribution in [3.8, 4) is 0 Å². The van der Waals surface area contributed by atoms with E-state index in [0.717, 1.165) is 21.7 Å². The number of aliphatic hydroxyl groups is 1. The number of hydrogen-bond acceptors (Lipinski definition) is 7. The standard InChI is InChI=1S/C36H43F2N3O4SSi/c1-23-20-41(21-24(2)45-23)32-25(18-28(30(37)31(32)38)33(42)34-39-19-29(46-34)35(43)40(6)7)22-44-47(36(3,4)5,26-14-10-8-11-15-26)27-16-12-9-13-17-27/h8-19,23-24,33,42H,20-22H2,1-7H3. The average Bonchev–Trinajstić information content (AvgIpc) is 3.52. The Morgan fingerprint density at radius 3 is 2.11 bits per heavy atom. The molecule has 0 spiro atoms. The molecule has 0 bridgehead atoms. The highest BCUT2D eigenvalue weighted by Gasteiger charge is 2.50. The van der Waals surface area contributed by atoms with Crippen LogP contribution in [0.2, 0.25) is 5.04 Å². The monoisotopic (exact) mass is 679 g/mol. The lowest BCUT2D eigenvalue weighted by atomic mass is 10.0. The molecule has 0 radical (unpaired) electrons. The van der Waals surface area contributed by atoms with E-state index in [4.69, 9.17) is 9.16 Å². The molecular formula is C36H43F2N3O4SSi. The Hall–Kier alpha value is -3.48. The van der Waals surface area contributed by atoms with Gasteiger partial charge in [-0.25, -0.2) is 13.8 Å². The molecule has 2 heterocycles. The van der Waals surface area contributed by atoms with Crippen molar-refractivity contribution < 1.29 is 27.8 Å². The van der Waals surface area contributed by atoms with Gasteiger partial charge < -0.3 is 24.1 Å². The maximum atomic E-state index is 16.5.